The van der Waals surface area contributed by atoms with E-state index in [1.807, 2.05) is 43.3 Å². The van der Waals surface area contributed by atoms with Crippen molar-refractivity contribution in [2.75, 3.05) is 7.11 Å². The Morgan fingerprint density at radius 1 is 1.15 bits per heavy atom. The number of benzene rings is 2. The third kappa shape index (κ3) is 2.75. The molecule has 20 heavy (non-hydrogen) atoms. The molecule has 2 aromatic carbocycles. The number of ether oxygens (including phenoxy) is 2. The number of carbonyl (C=O) groups is 1. The molecule has 2 rings (SSSR count). The number of hydrogen-bond donors (Lipinski definition) is 1. The minimum absolute atomic E-state index is 0.181. The predicted molar refractivity (Wildman–Crippen MR) is 78.7 cm³/mol. The summed E-state index contributed by atoms with van der Waals surface area (Å²) in [6.07, 6.45) is -0.677. The van der Waals surface area contributed by atoms with Gasteiger partial charge in [-0.15, -0.1) is 0 Å². The first kappa shape index (κ1) is 14.3. The summed E-state index contributed by atoms with van der Waals surface area (Å²) in [5, 5.41) is 1.99. The van der Waals surface area contributed by atoms with Crippen molar-refractivity contribution in [2.24, 2.45) is 5.73 Å². The van der Waals surface area contributed by atoms with Gasteiger partial charge in [-0.05, 0) is 19.2 Å². The van der Waals surface area contributed by atoms with E-state index in [0.29, 0.717) is 5.75 Å². The molecule has 2 aromatic rings. The van der Waals surface area contributed by atoms with Crippen LogP contribution in [0.15, 0.2) is 36.4 Å². The minimum Gasteiger partial charge on any atom is -0.478 e. The largest absolute Gasteiger partial charge is 0.478 e. The smallest absolute Gasteiger partial charge is 0.346 e. The van der Waals surface area contributed by atoms with Crippen molar-refractivity contribution in [3.8, 4) is 5.75 Å². The van der Waals surface area contributed by atoms with Crippen molar-refractivity contribution < 1.29 is 14.3 Å². The Labute approximate surface area is 118 Å². The average molecular weight is 273 g/mol. The predicted octanol–water partition coefficient (Wildman–Crippen LogP) is 2.80. The van der Waals surface area contributed by atoms with Gasteiger partial charge in [-0.1, -0.05) is 36.4 Å². The van der Waals surface area contributed by atoms with Gasteiger partial charge in [0.15, 0.2) is 6.10 Å². The third-order valence-electron chi connectivity index (χ3n) is 3.23. The Kier molecular flexibility index (Phi) is 4.25. The number of methoxy groups -OCH3 is 1. The first-order valence-corrected chi connectivity index (χ1v) is 6.56. The summed E-state index contributed by atoms with van der Waals surface area (Å²) in [5.74, 6) is 0.240. The molecule has 2 N–H and O–H groups in total. The molecule has 1 unspecified atom stereocenters. The van der Waals surface area contributed by atoms with Crippen molar-refractivity contribution in [3.63, 3.8) is 0 Å². The summed E-state index contributed by atoms with van der Waals surface area (Å²) in [6.45, 7) is 3.55. The molecule has 0 saturated carbocycles. The van der Waals surface area contributed by atoms with E-state index >= 15 is 0 Å². The second kappa shape index (κ2) is 5.92. The normalized spacial score (nSPS) is 13.8. The zero-order valence-electron chi connectivity index (χ0n) is 11.9. The van der Waals surface area contributed by atoms with Crippen LogP contribution in [0.2, 0.25) is 0 Å². The monoisotopic (exact) mass is 273 g/mol. The molecule has 0 aromatic heterocycles. The molecule has 0 aliphatic carbocycles. The summed E-state index contributed by atoms with van der Waals surface area (Å²) in [7, 11) is 1.35. The molecule has 4 heteroatoms. The maximum atomic E-state index is 11.6. The van der Waals surface area contributed by atoms with E-state index in [9.17, 15) is 4.79 Å². The molecule has 0 saturated heterocycles. The molecule has 0 bridgehead atoms. The van der Waals surface area contributed by atoms with Crippen molar-refractivity contribution in [1.82, 2.24) is 0 Å². The minimum atomic E-state index is -0.677. The van der Waals surface area contributed by atoms with E-state index in [0.717, 1.165) is 16.3 Å². The van der Waals surface area contributed by atoms with Crippen LogP contribution >= 0.6 is 0 Å². The number of hydrogen-bond acceptors (Lipinski definition) is 4. The Hall–Kier alpha value is -2.07. The van der Waals surface area contributed by atoms with Crippen LogP contribution in [-0.4, -0.2) is 19.2 Å². The maximum Gasteiger partial charge on any atom is 0.346 e. The quantitative estimate of drug-likeness (QED) is 0.870. The molecule has 2 atom stereocenters. The fourth-order valence-electron chi connectivity index (χ4n) is 2.14. The topological polar surface area (TPSA) is 61.5 Å². The van der Waals surface area contributed by atoms with Gasteiger partial charge in [-0.2, -0.15) is 0 Å². The average Bonchev–Trinajstić information content (AvgIpc) is 2.46. The van der Waals surface area contributed by atoms with Gasteiger partial charge in [0.05, 0.1) is 7.11 Å². The molecular weight excluding hydrogens is 254 g/mol. The van der Waals surface area contributed by atoms with Gasteiger partial charge in [0.2, 0.25) is 0 Å². The number of nitrogens with two attached hydrogens (primary N) is 1. The van der Waals surface area contributed by atoms with Crippen molar-refractivity contribution in [3.05, 3.63) is 42.0 Å². The lowest BCUT2D eigenvalue weighted by molar-refractivity contribution is -0.147. The van der Waals surface area contributed by atoms with Gasteiger partial charge in [0, 0.05) is 17.0 Å². The summed E-state index contributed by atoms with van der Waals surface area (Å²) >= 11 is 0. The molecule has 0 radical (unpaired) electrons. The number of rotatable bonds is 4. The first-order chi connectivity index (χ1) is 9.54. The Morgan fingerprint density at radius 2 is 1.85 bits per heavy atom. The second-order valence-corrected chi connectivity index (χ2v) is 4.78. The van der Waals surface area contributed by atoms with Gasteiger partial charge in [-0.3, -0.25) is 0 Å². The van der Waals surface area contributed by atoms with Crippen LogP contribution in [0.1, 0.15) is 25.5 Å². The highest BCUT2D eigenvalue weighted by molar-refractivity contribution is 5.90. The van der Waals surface area contributed by atoms with Crippen LogP contribution in [0.4, 0.5) is 0 Å². The summed E-state index contributed by atoms with van der Waals surface area (Å²) in [5.41, 5.74) is 6.87. The van der Waals surface area contributed by atoms with Gasteiger partial charge >= 0.3 is 5.97 Å². The van der Waals surface area contributed by atoms with Crippen molar-refractivity contribution in [1.29, 1.82) is 0 Å². The standard InChI is InChI=1S/C16H19NO3/c1-10(17)13-9-8-12-6-4-5-7-14(12)15(13)20-11(2)16(18)19-3/h4-11H,17H2,1-3H3/t10-,11?/m1/s1. The SMILES string of the molecule is COC(=O)C(C)Oc1c([C@@H](C)N)ccc2ccccc12. The Bertz CT molecular complexity index is 622. The fraction of sp³-hybridized carbons (Fsp3) is 0.312. The number of esters is 1. The zero-order chi connectivity index (χ0) is 14.7. The fourth-order valence-corrected chi connectivity index (χ4v) is 2.14. The lowest BCUT2D eigenvalue weighted by Gasteiger charge is -2.19. The summed E-state index contributed by atoms with van der Waals surface area (Å²) < 4.78 is 10.5. The van der Waals surface area contributed by atoms with E-state index < -0.39 is 12.1 Å². The van der Waals surface area contributed by atoms with Crippen LogP contribution in [0.3, 0.4) is 0 Å². The highest BCUT2D eigenvalue weighted by atomic mass is 16.6. The first-order valence-electron chi connectivity index (χ1n) is 6.56. The van der Waals surface area contributed by atoms with Crippen LogP contribution in [0.25, 0.3) is 10.8 Å². The number of carbonyl (C=O) groups excluding carboxylic acids is 1. The van der Waals surface area contributed by atoms with Crippen molar-refractivity contribution >= 4 is 16.7 Å². The molecule has 0 fully saturated rings. The molecular formula is C16H19NO3. The summed E-state index contributed by atoms with van der Waals surface area (Å²) in [4.78, 5) is 11.6. The molecule has 0 amide bonds. The van der Waals surface area contributed by atoms with E-state index in [1.165, 1.54) is 7.11 Å². The molecule has 106 valence electrons. The van der Waals surface area contributed by atoms with E-state index in [-0.39, 0.29) is 6.04 Å². The highest BCUT2D eigenvalue weighted by Crippen LogP contribution is 2.33. The highest BCUT2D eigenvalue weighted by Gasteiger charge is 2.19. The molecule has 4 nitrogen and oxygen atoms in total. The van der Waals surface area contributed by atoms with Gasteiger partial charge in [0.1, 0.15) is 5.75 Å². The van der Waals surface area contributed by atoms with Gasteiger partial charge < -0.3 is 15.2 Å². The maximum absolute atomic E-state index is 11.6. The summed E-state index contributed by atoms with van der Waals surface area (Å²) in [6, 6.07) is 11.6. The second-order valence-electron chi connectivity index (χ2n) is 4.78. The van der Waals surface area contributed by atoms with E-state index in [2.05, 4.69) is 0 Å². The van der Waals surface area contributed by atoms with Gasteiger partial charge in [0.25, 0.3) is 0 Å². The van der Waals surface area contributed by atoms with Gasteiger partial charge in [-0.25, -0.2) is 4.79 Å². The molecule has 0 aliphatic heterocycles. The number of fused-ring (bicyclic) bond motifs is 1. The Morgan fingerprint density at radius 3 is 2.50 bits per heavy atom. The van der Waals surface area contributed by atoms with E-state index in [1.54, 1.807) is 6.92 Å². The molecule has 0 spiro atoms. The molecule has 0 heterocycles. The zero-order valence-corrected chi connectivity index (χ0v) is 11.9. The Balaban J connectivity index is 2.52. The van der Waals surface area contributed by atoms with Crippen LogP contribution in [-0.2, 0) is 9.53 Å². The van der Waals surface area contributed by atoms with Crippen LogP contribution in [0.5, 0.6) is 5.75 Å². The third-order valence-corrected chi connectivity index (χ3v) is 3.23. The van der Waals surface area contributed by atoms with E-state index in [4.69, 9.17) is 15.2 Å². The lowest BCUT2D eigenvalue weighted by Crippen LogP contribution is -2.26. The van der Waals surface area contributed by atoms with Crippen molar-refractivity contribution in [2.45, 2.75) is 26.0 Å². The van der Waals surface area contributed by atoms with Crippen LogP contribution < -0.4 is 10.5 Å². The van der Waals surface area contributed by atoms with Crippen LogP contribution in [0, 0.1) is 0 Å². The lowest BCUT2D eigenvalue weighted by atomic mass is 10.0. The molecule has 0 aliphatic rings.